The van der Waals surface area contributed by atoms with Crippen molar-refractivity contribution in [2.24, 2.45) is 0 Å². The van der Waals surface area contributed by atoms with Gasteiger partial charge in [0, 0.05) is 0 Å². The number of halogens is 2. The second-order valence-corrected chi connectivity index (χ2v) is 3.49. The summed E-state index contributed by atoms with van der Waals surface area (Å²) in [6.45, 7) is 0.0855. The number of carbonyl (C=O) groups excluding carboxylic acids is 1. The lowest BCUT2D eigenvalue weighted by molar-refractivity contribution is 0.0949. The van der Waals surface area contributed by atoms with Gasteiger partial charge in [-0.1, -0.05) is 22.9 Å². The first kappa shape index (κ1) is 11.5. The predicted molar refractivity (Wildman–Crippen MR) is 56.8 cm³/mol. The van der Waals surface area contributed by atoms with Crippen molar-refractivity contribution in [3.8, 4) is 0 Å². The van der Waals surface area contributed by atoms with E-state index in [0.29, 0.717) is 5.82 Å². The SMILES string of the molecule is O=C(NCc1nn[nH]n1)c1cccc(F)c1Cl. The standard InChI is InChI=1S/C9H7ClFN5O/c10-8-5(2-1-3-6(8)11)9(17)12-4-7-13-15-16-14-7/h1-3H,4H2,(H,12,17)(H,13,14,15,16). The summed E-state index contributed by atoms with van der Waals surface area (Å²) in [6, 6.07) is 4.01. The van der Waals surface area contributed by atoms with Gasteiger partial charge in [0.05, 0.1) is 17.1 Å². The first-order valence-electron chi connectivity index (χ1n) is 4.63. The Bertz CT molecular complexity index is 530. The number of tetrazole rings is 1. The molecule has 88 valence electrons. The molecule has 1 heterocycles. The highest BCUT2D eigenvalue weighted by atomic mass is 35.5. The first-order valence-corrected chi connectivity index (χ1v) is 5.01. The van der Waals surface area contributed by atoms with Crippen LogP contribution < -0.4 is 5.32 Å². The lowest BCUT2D eigenvalue weighted by atomic mass is 10.2. The zero-order valence-electron chi connectivity index (χ0n) is 8.44. The van der Waals surface area contributed by atoms with E-state index in [1.807, 2.05) is 0 Å². The highest BCUT2D eigenvalue weighted by Crippen LogP contribution is 2.19. The lowest BCUT2D eigenvalue weighted by Gasteiger charge is -2.04. The lowest BCUT2D eigenvalue weighted by Crippen LogP contribution is -2.24. The Hall–Kier alpha value is -2.02. The van der Waals surface area contributed by atoms with E-state index < -0.39 is 11.7 Å². The number of rotatable bonds is 3. The third-order valence-corrected chi connectivity index (χ3v) is 2.38. The number of aromatic nitrogens is 4. The number of hydrogen-bond acceptors (Lipinski definition) is 4. The molecule has 0 fully saturated rings. The predicted octanol–water partition coefficient (Wildman–Crippen LogP) is 0.922. The fraction of sp³-hybridized carbons (Fsp3) is 0.111. The molecular formula is C9H7ClFN5O. The maximum Gasteiger partial charge on any atom is 0.253 e. The van der Waals surface area contributed by atoms with Crippen LogP contribution in [0.5, 0.6) is 0 Å². The molecule has 0 radical (unpaired) electrons. The number of nitrogens with one attached hydrogen (secondary N) is 2. The summed E-state index contributed by atoms with van der Waals surface area (Å²) in [5, 5.41) is 15.2. The van der Waals surface area contributed by atoms with Gasteiger partial charge in [-0.2, -0.15) is 5.21 Å². The molecular weight excluding hydrogens is 249 g/mol. The van der Waals surface area contributed by atoms with Gasteiger partial charge >= 0.3 is 0 Å². The highest BCUT2D eigenvalue weighted by molar-refractivity contribution is 6.34. The second-order valence-electron chi connectivity index (χ2n) is 3.11. The maximum absolute atomic E-state index is 13.1. The Balaban J connectivity index is 2.07. The molecule has 0 aliphatic rings. The summed E-state index contributed by atoms with van der Waals surface area (Å²) < 4.78 is 13.1. The highest BCUT2D eigenvalue weighted by Gasteiger charge is 2.13. The van der Waals surface area contributed by atoms with Crippen molar-refractivity contribution in [3.63, 3.8) is 0 Å². The molecule has 0 aliphatic heterocycles. The van der Waals surface area contributed by atoms with E-state index in [1.165, 1.54) is 18.2 Å². The van der Waals surface area contributed by atoms with Crippen molar-refractivity contribution < 1.29 is 9.18 Å². The maximum atomic E-state index is 13.1. The van der Waals surface area contributed by atoms with Gasteiger partial charge in [-0.05, 0) is 12.1 Å². The quantitative estimate of drug-likeness (QED) is 0.854. The summed E-state index contributed by atoms with van der Waals surface area (Å²) in [5.74, 6) is -0.816. The molecule has 8 heteroatoms. The van der Waals surface area contributed by atoms with E-state index >= 15 is 0 Å². The monoisotopic (exact) mass is 255 g/mol. The summed E-state index contributed by atoms with van der Waals surface area (Å²) in [5.41, 5.74) is 0.0650. The molecule has 0 unspecified atom stereocenters. The van der Waals surface area contributed by atoms with Gasteiger partial charge in [0.15, 0.2) is 5.82 Å². The molecule has 0 atom stereocenters. The van der Waals surface area contributed by atoms with Gasteiger partial charge < -0.3 is 5.32 Å². The van der Waals surface area contributed by atoms with Crippen LogP contribution >= 0.6 is 11.6 Å². The molecule has 2 aromatic rings. The van der Waals surface area contributed by atoms with E-state index in [1.54, 1.807) is 0 Å². The Kier molecular flexibility index (Phi) is 3.29. The van der Waals surface area contributed by atoms with Crippen molar-refractivity contribution in [2.75, 3.05) is 0 Å². The van der Waals surface area contributed by atoms with Crippen LogP contribution in [0.3, 0.4) is 0 Å². The number of benzene rings is 1. The smallest absolute Gasteiger partial charge is 0.253 e. The normalized spacial score (nSPS) is 10.2. The Morgan fingerprint density at radius 1 is 1.53 bits per heavy atom. The van der Waals surface area contributed by atoms with E-state index in [9.17, 15) is 9.18 Å². The number of aromatic amines is 1. The van der Waals surface area contributed by atoms with Crippen LogP contribution in [-0.4, -0.2) is 26.5 Å². The fourth-order valence-electron chi connectivity index (χ4n) is 1.19. The summed E-state index contributed by atoms with van der Waals surface area (Å²) in [6.07, 6.45) is 0. The number of H-pyrrole nitrogens is 1. The molecule has 1 aromatic carbocycles. The third kappa shape index (κ3) is 2.56. The second kappa shape index (κ2) is 4.88. The molecule has 1 aromatic heterocycles. The van der Waals surface area contributed by atoms with Crippen molar-refractivity contribution in [2.45, 2.75) is 6.54 Å². The minimum absolute atomic E-state index is 0.0650. The molecule has 0 spiro atoms. The third-order valence-electron chi connectivity index (χ3n) is 1.99. The number of carbonyl (C=O) groups is 1. The summed E-state index contributed by atoms with van der Waals surface area (Å²) >= 11 is 5.66. The number of hydrogen-bond donors (Lipinski definition) is 2. The van der Waals surface area contributed by atoms with Crippen LogP contribution in [0.1, 0.15) is 16.2 Å². The number of nitrogens with zero attached hydrogens (tertiary/aromatic N) is 3. The van der Waals surface area contributed by atoms with Gasteiger partial charge in [0.25, 0.3) is 5.91 Å². The molecule has 17 heavy (non-hydrogen) atoms. The Morgan fingerprint density at radius 3 is 3.06 bits per heavy atom. The van der Waals surface area contributed by atoms with Gasteiger partial charge in [-0.3, -0.25) is 4.79 Å². The molecule has 0 saturated heterocycles. The first-order chi connectivity index (χ1) is 8.18. The van der Waals surface area contributed by atoms with Crippen LogP contribution in [0.25, 0.3) is 0 Å². The van der Waals surface area contributed by atoms with Crippen molar-refractivity contribution in [1.82, 2.24) is 25.9 Å². The van der Waals surface area contributed by atoms with Crippen molar-refractivity contribution >= 4 is 17.5 Å². The zero-order chi connectivity index (χ0) is 12.3. The average Bonchev–Trinajstić information content (AvgIpc) is 2.82. The van der Waals surface area contributed by atoms with Crippen molar-refractivity contribution in [3.05, 3.63) is 40.4 Å². The molecule has 0 saturated carbocycles. The van der Waals surface area contributed by atoms with E-state index in [2.05, 4.69) is 25.9 Å². The molecule has 1 amide bonds. The Morgan fingerprint density at radius 2 is 2.35 bits per heavy atom. The largest absolute Gasteiger partial charge is 0.345 e. The van der Waals surface area contributed by atoms with Crippen LogP contribution in [-0.2, 0) is 6.54 Å². The van der Waals surface area contributed by atoms with E-state index in [0.717, 1.165) is 0 Å². The van der Waals surface area contributed by atoms with Crippen LogP contribution in [0.15, 0.2) is 18.2 Å². The van der Waals surface area contributed by atoms with Crippen LogP contribution in [0, 0.1) is 5.82 Å². The van der Waals surface area contributed by atoms with Crippen LogP contribution in [0.2, 0.25) is 5.02 Å². The van der Waals surface area contributed by atoms with Crippen LogP contribution in [0.4, 0.5) is 4.39 Å². The molecule has 6 nitrogen and oxygen atoms in total. The van der Waals surface area contributed by atoms with E-state index in [-0.39, 0.29) is 17.1 Å². The van der Waals surface area contributed by atoms with Gasteiger partial charge in [-0.25, -0.2) is 4.39 Å². The zero-order valence-corrected chi connectivity index (χ0v) is 9.20. The minimum Gasteiger partial charge on any atom is -0.345 e. The van der Waals surface area contributed by atoms with Gasteiger partial charge in [-0.15, -0.1) is 10.2 Å². The van der Waals surface area contributed by atoms with Crippen molar-refractivity contribution in [1.29, 1.82) is 0 Å². The topological polar surface area (TPSA) is 83.6 Å². The molecule has 2 N–H and O–H groups in total. The minimum atomic E-state index is -0.640. The summed E-state index contributed by atoms with van der Waals surface area (Å²) in [7, 11) is 0. The molecule has 0 bridgehead atoms. The van der Waals surface area contributed by atoms with Gasteiger partial charge in [0.1, 0.15) is 5.82 Å². The Labute approximate surface area is 100 Å². The number of amides is 1. The molecule has 0 aliphatic carbocycles. The summed E-state index contributed by atoms with van der Waals surface area (Å²) in [4.78, 5) is 11.7. The van der Waals surface area contributed by atoms with E-state index in [4.69, 9.17) is 11.6 Å². The van der Waals surface area contributed by atoms with Gasteiger partial charge in [0.2, 0.25) is 0 Å². The average molecular weight is 256 g/mol. The molecule has 2 rings (SSSR count). The fourth-order valence-corrected chi connectivity index (χ4v) is 1.40.